The number of nitrogens with one attached hydrogen (secondary N) is 1. The molecule has 0 amide bonds. The van der Waals surface area contributed by atoms with Crippen LogP contribution in [0.5, 0.6) is 0 Å². The molecule has 0 fully saturated rings. The third-order valence-electron chi connectivity index (χ3n) is 2.35. The number of aryl methyl sites for hydroxylation is 1. The fraction of sp³-hybridized carbons (Fsp3) is 0.400. The maximum Gasteiger partial charge on any atom is 0.277 e. The summed E-state index contributed by atoms with van der Waals surface area (Å²) >= 11 is 0. The molecular formula is C10H14N2O2. The number of nitro groups is 1. The predicted molar refractivity (Wildman–Crippen MR) is 55.3 cm³/mol. The van der Waals surface area contributed by atoms with Crippen molar-refractivity contribution < 1.29 is 4.92 Å². The first kappa shape index (κ1) is 10.7. The molecule has 4 heteroatoms. The van der Waals surface area contributed by atoms with Crippen molar-refractivity contribution in [2.45, 2.75) is 19.9 Å². The normalized spacial score (nSPS) is 12.5. The van der Waals surface area contributed by atoms with Crippen LogP contribution in [0.2, 0.25) is 0 Å². The van der Waals surface area contributed by atoms with Gasteiger partial charge in [0.2, 0.25) is 0 Å². The van der Waals surface area contributed by atoms with E-state index in [0.717, 1.165) is 5.56 Å². The highest BCUT2D eigenvalue weighted by Gasteiger charge is 2.19. The van der Waals surface area contributed by atoms with Gasteiger partial charge in [0.25, 0.3) is 5.69 Å². The van der Waals surface area contributed by atoms with E-state index >= 15 is 0 Å². The largest absolute Gasteiger partial charge is 0.313 e. The Morgan fingerprint density at radius 2 is 2.14 bits per heavy atom. The lowest BCUT2D eigenvalue weighted by Gasteiger charge is -2.11. The second kappa shape index (κ2) is 4.19. The van der Waals surface area contributed by atoms with E-state index in [4.69, 9.17) is 0 Å². The molecular weight excluding hydrogens is 180 g/mol. The molecule has 1 aromatic carbocycles. The summed E-state index contributed by atoms with van der Waals surface area (Å²) in [5, 5.41) is 13.8. The molecule has 0 saturated heterocycles. The van der Waals surface area contributed by atoms with Crippen LogP contribution >= 0.6 is 0 Å². The number of nitro benzene ring substituents is 1. The Hall–Kier alpha value is -1.42. The lowest BCUT2D eigenvalue weighted by molar-refractivity contribution is -0.386. The second-order valence-corrected chi connectivity index (χ2v) is 3.28. The summed E-state index contributed by atoms with van der Waals surface area (Å²) in [6.07, 6.45) is 0. The average Bonchev–Trinajstić information content (AvgIpc) is 2.15. The van der Waals surface area contributed by atoms with E-state index in [2.05, 4.69) is 5.32 Å². The van der Waals surface area contributed by atoms with Gasteiger partial charge >= 0.3 is 0 Å². The lowest BCUT2D eigenvalue weighted by Crippen LogP contribution is -2.14. The molecule has 0 spiro atoms. The number of hydrogen-bond donors (Lipinski definition) is 1. The highest BCUT2D eigenvalue weighted by atomic mass is 16.6. The molecule has 0 aliphatic rings. The third-order valence-corrected chi connectivity index (χ3v) is 2.35. The van der Waals surface area contributed by atoms with E-state index in [1.807, 2.05) is 13.0 Å². The zero-order chi connectivity index (χ0) is 10.7. The fourth-order valence-corrected chi connectivity index (χ4v) is 1.44. The van der Waals surface area contributed by atoms with Crippen molar-refractivity contribution in [3.8, 4) is 0 Å². The zero-order valence-corrected chi connectivity index (χ0v) is 8.57. The second-order valence-electron chi connectivity index (χ2n) is 3.28. The van der Waals surface area contributed by atoms with E-state index in [1.54, 1.807) is 26.1 Å². The van der Waals surface area contributed by atoms with Crippen molar-refractivity contribution in [2.24, 2.45) is 0 Å². The zero-order valence-electron chi connectivity index (χ0n) is 8.57. The number of hydrogen-bond acceptors (Lipinski definition) is 3. The summed E-state index contributed by atoms with van der Waals surface area (Å²) in [5.74, 6) is 0. The van der Waals surface area contributed by atoms with Gasteiger partial charge in [-0.2, -0.15) is 0 Å². The van der Waals surface area contributed by atoms with E-state index in [0.29, 0.717) is 5.56 Å². The van der Waals surface area contributed by atoms with Crippen LogP contribution in [0.3, 0.4) is 0 Å². The minimum absolute atomic E-state index is 0.00435. The summed E-state index contributed by atoms with van der Waals surface area (Å²) < 4.78 is 0. The van der Waals surface area contributed by atoms with Gasteiger partial charge in [-0.1, -0.05) is 18.2 Å². The third kappa shape index (κ3) is 1.90. The van der Waals surface area contributed by atoms with Crippen LogP contribution in [-0.4, -0.2) is 12.0 Å². The highest BCUT2D eigenvalue weighted by molar-refractivity contribution is 5.48. The quantitative estimate of drug-likeness (QED) is 0.592. The summed E-state index contributed by atoms with van der Waals surface area (Å²) in [6, 6.07) is 5.37. The minimum atomic E-state index is -0.321. The van der Waals surface area contributed by atoms with Gasteiger partial charge in [-0.25, -0.2) is 0 Å². The van der Waals surface area contributed by atoms with Crippen molar-refractivity contribution in [1.29, 1.82) is 0 Å². The SMILES string of the molecule is CN[C@H](C)c1cccc(C)c1[N+](=O)[O-]. The van der Waals surface area contributed by atoms with Crippen molar-refractivity contribution in [2.75, 3.05) is 7.05 Å². The van der Waals surface area contributed by atoms with E-state index < -0.39 is 0 Å². The van der Waals surface area contributed by atoms with Gasteiger partial charge in [0, 0.05) is 17.2 Å². The van der Waals surface area contributed by atoms with E-state index in [9.17, 15) is 10.1 Å². The molecule has 1 N–H and O–H groups in total. The molecule has 14 heavy (non-hydrogen) atoms. The molecule has 0 heterocycles. The van der Waals surface area contributed by atoms with E-state index in [1.165, 1.54) is 0 Å². The van der Waals surface area contributed by atoms with Gasteiger partial charge in [-0.05, 0) is 20.9 Å². The van der Waals surface area contributed by atoms with Crippen LogP contribution in [0.25, 0.3) is 0 Å². The van der Waals surface area contributed by atoms with Crippen LogP contribution in [0, 0.1) is 17.0 Å². The number of nitrogens with zero attached hydrogens (tertiary/aromatic N) is 1. The minimum Gasteiger partial charge on any atom is -0.313 e. The molecule has 0 radical (unpaired) electrons. The Morgan fingerprint density at radius 3 is 2.64 bits per heavy atom. The molecule has 0 unspecified atom stereocenters. The van der Waals surface area contributed by atoms with Crippen LogP contribution in [0.1, 0.15) is 24.1 Å². The maximum absolute atomic E-state index is 10.8. The predicted octanol–water partition coefficient (Wildman–Crippen LogP) is 2.18. The molecule has 0 aliphatic heterocycles. The first-order valence-electron chi connectivity index (χ1n) is 4.49. The molecule has 1 aromatic rings. The highest BCUT2D eigenvalue weighted by Crippen LogP contribution is 2.27. The van der Waals surface area contributed by atoms with Crippen LogP contribution in [-0.2, 0) is 0 Å². The molecule has 1 rings (SSSR count). The fourth-order valence-electron chi connectivity index (χ4n) is 1.44. The van der Waals surface area contributed by atoms with Gasteiger partial charge in [0.05, 0.1) is 4.92 Å². The molecule has 1 atom stereocenters. The van der Waals surface area contributed by atoms with E-state index in [-0.39, 0.29) is 16.7 Å². The maximum atomic E-state index is 10.8. The van der Waals surface area contributed by atoms with Crippen LogP contribution < -0.4 is 5.32 Å². The summed E-state index contributed by atoms with van der Waals surface area (Å²) in [4.78, 5) is 10.5. The Bertz CT molecular complexity index is 350. The average molecular weight is 194 g/mol. The summed E-state index contributed by atoms with van der Waals surface area (Å²) in [5.41, 5.74) is 1.65. The van der Waals surface area contributed by atoms with Crippen LogP contribution in [0.4, 0.5) is 5.69 Å². The van der Waals surface area contributed by atoms with Gasteiger partial charge < -0.3 is 5.32 Å². The molecule has 0 aliphatic carbocycles. The summed E-state index contributed by atoms with van der Waals surface area (Å²) in [7, 11) is 1.79. The van der Waals surface area contributed by atoms with Crippen molar-refractivity contribution in [3.63, 3.8) is 0 Å². The Balaban J connectivity index is 3.28. The Labute approximate surface area is 83.1 Å². The Kier molecular flexibility index (Phi) is 3.19. The molecule has 76 valence electrons. The molecule has 0 aromatic heterocycles. The Morgan fingerprint density at radius 1 is 1.50 bits per heavy atom. The van der Waals surface area contributed by atoms with Gasteiger partial charge in [-0.15, -0.1) is 0 Å². The smallest absolute Gasteiger partial charge is 0.277 e. The lowest BCUT2D eigenvalue weighted by atomic mass is 10.0. The van der Waals surface area contributed by atoms with Crippen molar-refractivity contribution in [1.82, 2.24) is 5.32 Å². The number of benzene rings is 1. The standard InChI is InChI=1S/C10H14N2O2/c1-7-5-4-6-9(8(2)11-3)10(7)12(13)14/h4-6,8,11H,1-3H3/t8-/m1/s1. The first-order chi connectivity index (χ1) is 6.57. The monoisotopic (exact) mass is 194 g/mol. The first-order valence-corrected chi connectivity index (χ1v) is 4.49. The summed E-state index contributed by atoms with van der Waals surface area (Å²) in [6.45, 7) is 3.66. The van der Waals surface area contributed by atoms with Crippen LogP contribution in [0.15, 0.2) is 18.2 Å². The number of para-hydroxylation sites is 1. The van der Waals surface area contributed by atoms with Crippen molar-refractivity contribution in [3.05, 3.63) is 39.4 Å². The van der Waals surface area contributed by atoms with Gasteiger partial charge in [0.1, 0.15) is 0 Å². The van der Waals surface area contributed by atoms with Gasteiger partial charge in [0.15, 0.2) is 0 Å². The number of rotatable bonds is 3. The molecule has 4 nitrogen and oxygen atoms in total. The van der Waals surface area contributed by atoms with Gasteiger partial charge in [-0.3, -0.25) is 10.1 Å². The van der Waals surface area contributed by atoms with Crippen molar-refractivity contribution >= 4 is 5.69 Å². The molecule has 0 bridgehead atoms. The molecule has 0 saturated carbocycles. The topological polar surface area (TPSA) is 55.2 Å².